The molecule has 1 aromatic carbocycles. The van der Waals surface area contributed by atoms with Crippen LogP contribution in [0.5, 0.6) is 0 Å². The zero-order chi connectivity index (χ0) is 16.3. The molecule has 2 rings (SSSR count). The van der Waals surface area contributed by atoms with Crippen LogP contribution in [0.4, 0.5) is 4.79 Å². The number of rotatable bonds is 4. The molecule has 122 valence electrons. The summed E-state index contributed by atoms with van der Waals surface area (Å²) < 4.78 is 5.50. The fourth-order valence-electron chi connectivity index (χ4n) is 2.61. The molecule has 0 radical (unpaired) electrons. The zero-order valence-electron chi connectivity index (χ0n) is 14.4. The second kappa shape index (κ2) is 6.69. The van der Waals surface area contributed by atoms with Crippen LogP contribution in [0.25, 0.3) is 0 Å². The number of ether oxygens (including phenoxy) is 1. The maximum Gasteiger partial charge on any atom is 0.409 e. The van der Waals surface area contributed by atoms with Gasteiger partial charge in [0.15, 0.2) is 0 Å². The Morgan fingerprint density at radius 2 is 2.00 bits per heavy atom. The molecule has 2 unspecified atom stereocenters. The molecular formula is C18H28N2O2. The van der Waals surface area contributed by atoms with Crippen LogP contribution in [0.15, 0.2) is 30.3 Å². The van der Waals surface area contributed by atoms with E-state index in [2.05, 4.69) is 36.1 Å². The highest BCUT2D eigenvalue weighted by atomic mass is 16.6. The quantitative estimate of drug-likeness (QED) is 0.850. The van der Waals surface area contributed by atoms with Crippen molar-refractivity contribution >= 4 is 6.09 Å². The molecule has 1 aromatic rings. The van der Waals surface area contributed by atoms with Crippen LogP contribution in [-0.4, -0.2) is 47.7 Å². The normalized spacial score (nSPS) is 20.1. The third kappa shape index (κ3) is 3.80. The molecule has 1 amide bonds. The van der Waals surface area contributed by atoms with Crippen LogP contribution in [0.1, 0.15) is 45.7 Å². The number of carbonyl (C=O) groups is 1. The predicted molar refractivity (Wildman–Crippen MR) is 88.8 cm³/mol. The van der Waals surface area contributed by atoms with Crippen molar-refractivity contribution in [3.05, 3.63) is 35.9 Å². The van der Waals surface area contributed by atoms with Gasteiger partial charge in [0.05, 0.1) is 0 Å². The number of benzene rings is 1. The standard InChI is InChI=1S/C18H28N2O2/c1-14(15-9-7-6-8-10-15)20-12-11-16(20)13-22-17(21)19(5)18(2,3)4/h6-10,14,16H,11-13H2,1-5H3. The van der Waals surface area contributed by atoms with Crippen molar-refractivity contribution in [2.24, 2.45) is 0 Å². The minimum Gasteiger partial charge on any atom is -0.448 e. The Bertz CT molecular complexity index is 496. The second-order valence-electron chi connectivity index (χ2n) is 7.07. The van der Waals surface area contributed by atoms with Gasteiger partial charge in [-0.1, -0.05) is 30.3 Å². The number of nitrogens with zero attached hydrogens (tertiary/aromatic N) is 2. The Balaban J connectivity index is 1.86. The van der Waals surface area contributed by atoms with E-state index in [0.717, 1.165) is 13.0 Å². The van der Waals surface area contributed by atoms with E-state index in [9.17, 15) is 4.79 Å². The Morgan fingerprint density at radius 1 is 1.36 bits per heavy atom. The molecule has 22 heavy (non-hydrogen) atoms. The second-order valence-corrected chi connectivity index (χ2v) is 7.07. The van der Waals surface area contributed by atoms with Crippen molar-refractivity contribution in [1.29, 1.82) is 0 Å². The molecule has 1 heterocycles. The lowest BCUT2D eigenvalue weighted by atomic mass is 9.97. The summed E-state index contributed by atoms with van der Waals surface area (Å²) in [5.41, 5.74) is 1.10. The fourth-order valence-corrected chi connectivity index (χ4v) is 2.61. The lowest BCUT2D eigenvalue weighted by Crippen LogP contribution is -2.52. The molecule has 1 saturated heterocycles. The first kappa shape index (κ1) is 16.8. The van der Waals surface area contributed by atoms with Gasteiger partial charge in [-0.2, -0.15) is 0 Å². The molecule has 2 atom stereocenters. The molecular weight excluding hydrogens is 276 g/mol. The summed E-state index contributed by atoms with van der Waals surface area (Å²) in [6, 6.07) is 11.2. The van der Waals surface area contributed by atoms with Gasteiger partial charge in [-0.15, -0.1) is 0 Å². The molecule has 0 saturated carbocycles. The van der Waals surface area contributed by atoms with E-state index in [0.29, 0.717) is 18.7 Å². The third-order valence-corrected chi connectivity index (χ3v) is 4.65. The van der Waals surface area contributed by atoms with E-state index in [1.165, 1.54) is 5.56 Å². The van der Waals surface area contributed by atoms with E-state index in [1.807, 2.05) is 26.8 Å². The molecule has 4 heteroatoms. The minimum atomic E-state index is -0.244. The molecule has 0 spiro atoms. The van der Waals surface area contributed by atoms with Crippen molar-refractivity contribution in [3.8, 4) is 0 Å². The number of carbonyl (C=O) groups excluding carboxylic acids is 1. The molecule has 0 aliphatic carbocycles. The van der Waals surface area contributed by atoms with Crippen LogP contribution in [0, 0.1) is 0 Å². The summed E-state index contributed by atoms with van der Waals surface area (Å²) in [5.74, 6) is 0. The monoisotopic (exact) mass is 304 g/mol. The van der Waals surface area contributed by atoms with Gasteiger partial charge in [0.1, 0.15) is 6.61 Å². The van der Waals surface area contributed by atoms with Crippen molar-refractivity contribution in [1.82, 2.24) is 9.80 Å². The van der Waals surface area contributed by atoms with Gasteiger partial charge in [-0.05, 0) is 39.7 Å². The van der Waals surface area contributed by atoms with Gasteiger partial charge in [0.2, 0.25) is 0 Å². The highest BCUT2D eigenvalue weighted by molar-refractivity contribution is 5.68. The average Bonchev–Trinajstić information content (AvgIpc) is 2.45. The maximum atomic E-state index is 12.1. The Labute approximate surface area is 134 Å². The van der Waals surface area contributed by atoms with Crippen molar-refractivity contribution < 1.29 is 9.53 Å². The number of likely N-dealkylation sites (tertiary alicyclic amines) is 1. The summed E-state index contributed by atoms with van der Waals surface area (Å²) in [6.07, 6.45) is 0.843. The summed E-state index contributed by atoms with van der Waals surface area (Å²) in [6.45, 7) is 9.75. The van der Waals surface area contributed by atoms with E-state index < -0.39 is 0 Å². The number of hydrogen-bond acceptors (Lipinski definition) is 3. The van der Waals surface area contributed by atoms with Crippen LogP contribution < -0.4 is 0 Å². The van der Waals surface area contributed by atoms with Crippen LogP contribution in [0.2, 0.25) is 0 Å². The van der Waals surface area contributed by atoms with Crippen LogP contribution in [-0.2, 0) is 4.74 Å². The molecule has 0 aromatic heterocycles. The van der Waals surface area contributed by atoms with E-state index >= 15 is 0 Å². The topological polar surface area (TPSA) is 32.8 Å². The van der Waals surface area contributed by atoms with E-state index in [1.54, 1.807) is 11.9 Å². The number of amides is 1. The van der Waals surface area contributed by atoms with Gasteiger partial charge in [0.25, 0.3) is 0 Å². The first-order valence-corrected chi connectivity index (χ1v) is 8.02. The molecule has 4 nitrogen and oxygen atoms in total. The molecule has 0 N–H and O–H groups in total. The fraction of sp³-hybridized carbons (Fsp3) is 0.611. The minimum absolute atomic E-state index is 0.215. The summed E-state index contributed by atoms with van der Waals surface area (Å²) in [5, 5.41) is 0. The van der Waals surface area contributed by atoms with Gasteiger partial charge < -0.3 is 9.64 Å². The highest BCUT2D eigenvalue weighted by Crippen LogP contribution is 2.30. The third-order valence-electron chi connectivity index (χ3n) is 4.65. The Morgan fingerprint density at radius 3 is 2.50 bits per heavy atom. The molecule has 1 aliphatic heterocycles. The smallest absolute Gasteiger partial charge is 0.409 e. The molecule has 1 fully saturated rings. The van der Waals surface area contributed by atoms with Gasteiger partial charge in [0, 0.05) is 31.2 Å². The maximum absolute atomic E-state index is 12.1. The van der Waals surface area contributed by atoms with E-state index in [4.69, 9.17) is 4.74 Å². The highest BCUT2D eigenvalue weighted by Gasteiger charge is 2.34. The van der Waals surface area contributed by atoms with Gasteiger partial charge >= 0.3 is 6.09 Å². The predicted octanol–water partition coefficient (Wildman–Crippen LogP) is 3.69. The number of hydrogen-bond donors (Lipinski definition) is 0. The van der Waals surface area contributed by atoms with Crippen LogP contribution in [0.3, 0.4) is 0 Å². The molecule has 1 aliphatic rings. The van der Waals surface area contributed by atoms with Gasteiger partial charge in [-0.3, -0.25) is 4.90 Å². The SMILES string of the molecule is CC(c1ccccc1)N1CCC1COC(=O)N(C)C(C)(C)C. The Kier molecular flexibility index (Phi) is 5.12. The largest absolute Gasteiger partial charge is 0.448 e. The zero-order valence-corrected chi connectivity index (χ0v) is 14.4. The van der Waals surface area contributed by atoms with Crippen molar-refractivity contribution in [2.45, 2.75) is 51.7 Å². The first-order valence-electron chi connectivity index (χ1n) is 8.02. The molecule has 0 bridgehead atoms. The lowest BCUT2D eigenvalue weighted by molar-refractivity contribution is -0.00824. The Hall–Kier alpha value is -1.55. The van der Waals surface area contributed by atoms with E-state index in [-0.39, 0.29) is 11.6 Å². The first-order chi connectivity index (χ1) is 10.3. The van der Waals surface area contributed by atoms with Crippen molar-refractivity contribution in [3.63, 3.8) is 0 Å². The average molecular weight is 304 g/mol. The lowest BCUT2D eigenvalue weighted by Gasteiger charge is -2.45. The summed E-state index contributed by atoms with van der Waals surface area (Å²) in [4.78, 5) is 16.1. The van der Waals surface area contributed by atoms with Gasteiger partial charge in [-0.25, -0.2) is 4.79 Å². The van der Waals surface area contributed by atoms with Crippen LogP contribution >= 0.6 is 0 Å². The van der Waals surface area contributed by atoms with Crippen molar-refractivity contribution in [2.75, 3.05) is 20.2 Å². The summed E-state index contributed by atoms with van der Waals surface area (Å²) >= 11 is 0. The summed E-state index contributed by atoms with van der Waals surface area (Å²) in [7, 11) is 1.79.